The molecule has 3 rings (SSSR count). The summed E-state index contributed by atoms with van der Waals surface area (Å²) >= 11 is 6.32. The topological polar surface area (TPSA) is 29.5 Å². The van der Waals surface area contributed by atoms with Gasteiger partial charge in [-0.25, -0.2) is 4.79 Å². The van der Waals surface area contributed by atoms with Crippen LogP contribution in [0.2, 0.25) is 5.02 Å². The summed E-state index contributed by atoms with van der Waals surface area (Å²) in [6.07, 6.45) is 3.65. The Morgan fingerprint density at radius 3 is 2.48 bits per heavy atom. The van der Waals surface area contributed by atoms with E-state index in [0.717, 1.165) is 16.8 Å². The molecular weight excluding hydrogens is 310 g/mol. The van der Waals surface area contributed by atoms with Gasteiger partial charge in [0.1, 0.15) is 0 Å². The molecule has 0 aromatic heterocycles. The van der Waals surface area contributed by atoms with E-state index in [1.807, 2.05) is 71.8 Å². The second kappa shape index (κ2) is 6.71. The van der Waals surface area contributed by atoms with Gasteiger partial charge in [0, 0.05) is 23.5 Å². The van der Waals surface area contributed by atoms with Crippen LogP contribution in [0.4, 0.5) is 5.69 Å². The van der Waals surface area contributed by atoms with Crippen molar-refractivity contribution in [1.82, 2.24) is 0 Å². The number of nitrogens with zero attached hydrogens (tertiary/aromatic N) is 1. The van der Waals surface area contributed by atoms with Gasteiger partial charge in [0.2, 0.25) is 0 Å². The predicted molar refractivity (Wildman–Crippen MR) is 93.3 cm³/mol. The maximum Gasteiger partial charge on any atom is 0.339 e. The number of carbonyl (C=O) groups excluding carboxylic acids is 1. The van der Waals surface area contributed by atoms with Crippen LogP contribution in [-0.2, 0) is 9.53 Å². The van der Waals surface area contributed by atoms with Gasteiger partial charge >= 0.3 is 5.97 Å². The van der Waals surface area contributed by atoms with Crippen LogP contribution in [0.3, 0.4) is 0 Å². The van der Waals surface area contributed by atoms with Gasteiger partial charge in [0.15, 0.2) is 0 Å². The Labute approximate surface area is 140 Å². The molecule has 0 saturated heterocycles. The second-order valence-electron chi connectivity index (χ2n) is 5.19. The summed E-state index contributed by atoms with van der Waals surface area (Å²) < 4.78 is 4.88. The van der Waals surface area contributed by atoms with Gasteiger partial charge in [0.05, 0.1) is 12.7 Å². The molecule has 0 fully saturated rings. The Bertz CT molecular complexity index is 781. The second-order valence-corrected chi connectivity index (χ2v) is 5.60. The number of hydrogen-bond donors (Lipinski definition) is 0. The van der Waals surface area contributed by atoms with Crippen molar-refractivity contribution < 1.29 is 9.53 Å². The molecule has 1 heterocycles. The molecule has 4 heteroatoms. The molecule has 116 valence electrons. The van der Waals surface area contributed by atoms with Crippen LogP contribution in [0.1, 0.15) is 5.56 Å². The minimum Gasteiger partial charge on any atom is -0.465 e. The van der Waals surface area contributed by atoms with Crippen LogP contribution in [0.25, 0.3) is 5.57 Å². The van der Waals surface area contributed by atoms with E-state index in [9.17, 15) is 4.79 Å². The van der Waals surface area contributed by atoms with Gasteiger partial charge in [-0.1, -0.05) is 48.0 Å². The summed E-state index contributed by atoms with van der Waals surface area (Å²) in [5.74, 6) is -0.366. The number of esters is 1. The van der Waals surface area contributed by atoms with Crippen molar-refractivity contribution in [3.63, 3.8) is 0 Å². The molecule has 3 nitrogen and oxygen atoms in total. The maximum absolute atomic E-state index is 12.0. The highest BCUT2D eigenvalue weighted by Crippen LogP contribution is 2.30. The molecule has 2 aromatic carbocycles. The van der Waals surface area contributed by atoms with Crippen LogP contribution in [0.15, 0.2) is 72.4 Å². The van der Waals surface area contributed by atoms with E-state index < -0.39 is 0 Å². The van der Waals surface area contributed by atoms with Gasteiger partial charge in [-0.05, 0) is 35.4 Å². The third kappa shape index (κ3) is 3.30. The number of methoxy groups -OCH3 is 1. The standard InChI is InChI=1S/C19H16ClNO2/c1-23-19(22)15-11-14(17-9-5-6-10-18(17)20)12-21(13-15)16-7-3-2-4-8-16/h2-11,13H,12H2,1H3. The summed E-state index contributed by atoms with van der Waals surface area (Å²) in [5.41, 5.74) is 3.40. The zero-order valence-corrected chi connectivity index (χ0v) is 13.5. The Morgan fingerprint density at radius 1 is 1.09 bits per heavy atom. The molecule has 23 heavy (non-hydrogen) atoms. The fraction of sp³-hybridized carbons (Fsp3) is 0.105. The molecule has 0 N–H and O–H groups in total. The SMILES string of the molecule is COC(=O)C1=CN(c2ccccc2)CC(c2ccccc2Cl)=C1. The summed E-state index contributed by atoms with van der Waals surface area (Å²) in [6.45, 7) is 0.633. The monoisotopic (exact) mass is 325 g/mol. The van der Waals surface area contributed by atoms with E-state index in [1.165, 1.54) is 7.11 Å². The number of para-hydroxylation sites is 1. The van der Waals surface area contributed by atoms with E-state index in [4.69, 9.17) is 16.3 Å². The molecule has 0 atom stereocenters. The summed E-state index contributed by atoms with van der Waals surface area (Å²) in [4.78, 5) is 14.0. The van der Waals surface area contributed by atoms with Gasteiger partial charge in [-0.15, -0.1) is 0 Å². The Balaban J connectivity index is 2.04. The lowest BCUT2D eigenvalue weighted by Crippen LogP contribution is -2.24. The Morgan fingerprint density at radius 2 is 1.78 bits per heavy atom. The minimum atomic E-state index is -0.366. The van der Waals surface area contributed by atoms with Gasteiger partial charge in [-0.2, -0.15) is 0 Å². The number of hydrogen-bond acceptors (Lipinski definition) is 3. The van der Waals surface area contributed by atoms with Crippen molar-refractivity contribution in [3.05, 3.63) is 83.0 Å². The Kier molecular flexibility index (Phi) is 4.49. The summed E-state index contributed by atoms with van der Waals surface area (Å²) in [6, 6.07) is 17.5. The number of benzene rings is 2. The largest absolute Gasteiger partial charge is 0.465 e. The number of ether oxygens (including phenoxy) is 1. The fourth-order valence-corrected chi connectivity index (χ4v) is 2.82. The van der Waals surface area contributed by atoms with Crippen molar-refractivity contribution in [2.45, 2.75) is 0 Å². The molecular formula is C19H16ClNO2. The third-order valence-electron chi connectivity index (χ3n) is 3.69. The van der Waals surface area contributed by atoms with Gasteiger partial charge in [0.25, 0.3) is 0 Å². The number of halogens is 1. The highest BCUT2D eigenvalue weighted by Gasteiger charge is 2.20. The number of anilines is 1. The molecule has 1 aliphatic heterocycles. The fourth-order valence-electron chi connectivity index (χ4n) is 2.57. The molecule has 0 spiro atoms. The number of carbonyl (C=O) groups is 1. The Hall–Kier alpha value is -2.52. The third-order valence-corrected chi connectivity index (χ3v) is 4.02. The predicted octanol–water partition coefficient (Wildman–Crippen LogP) is 4.30. The normalized spacial score (nSPS) is 14.1. The first-order valence-corrected chi connectivity index (χ1v) is 7.64. The molecule has 0 bridgehead atoms. The van der Waals surface area contributed by atoms with Gasteiger partial charge in [-0.3, -0.25) is 0 Å². The van der Waals surface area contributed by atoms with Crippen LogP contribution < -0.4 is 4.90 Å². The first-order valence-electron chi connectivity index (χ1n) is 7.26. The lowest BCUT2D eigenvalue weighted by molar-refractivity contribution is -0.135. The molecule has 2 aromatic rings. The van der Waals surface area contributed by atoms with Crippen molar-refractivity contribution in [2.75, 3.05) is 18.6 Å². The minimum absolute atomic E-state index is 0.366. The van der Waals surface area contributed by atoms with E-state index in [1.54, 1.807) is 0 Å². The van der Waals surface area contributed by atoms with E-state index in [0.29, 0.717) is 17.1 Å². The van der Waals surface area contributed by atoms with Gasteiger partial charge < -0.3 is 9.64 Å². The molecule has 0 amide bonds. The lowest BCUT2D eigenvalue weighted by atomic mass is 9.99. The zero-order valence-electron chi connectivity index (χ0n) is 12.7. The first kappa shape index (κ1) is 15.4. The quantitative estimate of drug-likeness (QED) is 0.788. The molecule has 0 aliphatic carbocycles. The van der Waals surface area contributed by atoms with Crippen molar-refractivity contribution in [2.24, 2.45) is 0 Å². The van der Waals surface area contributed by atoms with E-state index >= 15 is 0 Å². The van der Waals surface area contributed by atoms with Crippen LogP contribution in [0.5, 0.6) is 0 Å². The van der Waals surface area contributed by atoms with Crippen LogP contribution in [-0.4, -0.2) is 19.6 Å². The number of rotatable bonds is 3. The molecule has 1 aliphatic rings. The lowest BCUT2D eigenvalue weighted by Gasteiger charge is -2.27. The molecule has 0 unspecified atom stereocenters. The average Bonchev–Trinajstić information content (AvgIpc) is 2.61. The highest BCUT2D eigenvalue weighted by molar-refractivity contribution is 6.32. The smallest absolute Gasteiger partial charge is 0.339 e. The van der Waals surface area contributed by atoms with Crippen molar-refractivity contribution >= 4 is 28.8 Å². The van der Waals surface area contributed by atoms with E-state index in [2.05, 4.69) is 0 Å². The first-order chi connectivity index (χ1) is 11.2. The van der Waals surface area contributed by atoms with Crippen LogP contribution in [0, 0.1) is 0 Å². The maximum atomic E-state index is 12.0. The molecule has 0 radical (unpaired) electrons. The van der Waals surface area contributed by atoms with Crippen molar-refractivity contribution in [1.29, 1.82) is 0 Å². The molecule has 0 saturated carbocycles. The summed E-state index contributed by atoms with van der Waals surface area (Å²) in [7, 11) is 1.38. The van der Waals surface area contributed by atoms with E-state index in [-0.39, 0.29) is 5.97 Å². The van der Waals surface area contributed by atoms with Crippen LogP contribution >= 0.6 is 11.6 Å². The van der Waals surface area contributed by atoms with Crippen molar-refractivity contribution in [3.8, 4) is 0 Å². The highest BCUT2D eigenvalue weighted by atomic mass is 35.5. The summed E-state index contributed by atoms with van der Waals surface area (Å²) in [5, 5.41) is 0.665. The zero-order chi connectivity index (χ0) is 16.2. The average molecular weight is 326 g/mol.